The molecule has 0 atom stereocenters. The molecule has 0 saturated carbocycles. The smallest absolute Gasteiger partial charge is 0.390 e. The second-order valence-electron chi connectivity index (χ2n) is 3.92. The highest BCUT2D eigenvalue weighted by molar-refractivity contribution is 6.02. The zero-order valence-electron chi connectivity index (χ0n) is 9.24. The van der Waals surface area contributed by atoms with Crippen LogP contribution in [0.1, 0.15) is 16.8 Å². The van der Waals surface area contributed by atoms with Crippen LogP contribution >= 0.6 is 0 Å². The Morgan fingerprint density at radius 3 is 2.61 bits per heavy atom. The molecule has 0 aliphatic heterocycles. The van der Waals surface area contributed by atoms with Gasteiger partial charge in [-0.05, 0) is 18.2 Å². The van der Waals surface area contributed by atoms with Gasteiger partial charge in [0.2, 0.25) is 0 Å². The number of carboxylic acid groups (broad SMARTS) is 1. The summed E-state index contributed by atoms with van der Waals surface area (Å²) < 4.78 is 37.9. The molecule has 0 aliphatic rings. The lowest BCUT2D eigenvalue weighted by Crippen LogP contribution is -2.11. The van der Waals surface area contributed by atoms with E-state index < -0.39 is 18.6 Å². The van der Waals surface area contributed by atoms with Crippen LogP contribution in [0.25, 0.3) is 10.9 Å². The van der Waals surface area contributed by atoms with E-state index >= 15 is 0 Å². The molecule has 0 amide bonds. The molecule has 0 saturated heterocycles. The summed E-state index contributed by atoms with van der Waals surface area (Å²) in [6.07, 6.45) is -3.68. The summed E-state index contributed by atoms with van der Waals surface area (Å²) in [5.41, 5.74) is 0.595. The molecule has 18 heavy (non-hydrogen) atoms. The quantitative estimate of drug-likeness (QED) is 0.916. The number of alkyl halides is 3. The molecule has 0 spiro atoms. The molecule has 1 heterocycles. The van der Waals surface area contributed by atoms with Crippen LogP contribution in [0.15, 0.2) is 30.5 Å². The molecule has 2 aromatic rings. The number of halogens is 3. The first kappa shape index (κ1) is 12.5. The van der Waals surface area contributed by atoms with Crippen molar-refractivity contribution < 1.29 is 23.1 Å². The third-order valence-electron chi connectivity index (χ3n) is 2.68. The van der Waals surface area contributed by atoms with Gasteiger partial charge in [0.05, 0.1) is 12.0 Å². The Morgan fingerprint density at radius 2 is 2.00 bits per heavy atom. The van der Waals surface area contributed by atoms with Gasteiger partial charge in [-0.15, -0.1) is 0 Å². The largest absolute Gasteiger partial charge is 0.478 e. The fraction of sp³-hybridized carbons (Fsp3) is 0.250. The molecular formula is C12H10F3NO2. The van der Waals surface area contributed by atoms with Crippen molar-refractivity contribution in [2.24, 2.45) is 0 Å². The van der Waals surface area contributed by atoms with Gasteiger partial charge in [0.25, 0.3) is 0 Å². The molecule has 0 bridgehead atoms. The van der Waals surface area contributed by atoms with E-state index in [2.05, 4.69) is 0 Å². The van der Waals surface area contributed by atoms with E-state index in [0.717, 1.165) is 0 Å². The first-order valence-corrected chi connectivity index (χ1v) is 5.26. The van der Waals surface area contributed by atoms with Gasteiger partial charge in [0.15, 0.2) is 0 Å². The van der Waals surface area contributed by atoms with Crippen LogP contribution in [0.4, 0.5) is 13.2 Å². The maximum absolute atomic E-state index is 12.1. The minimum atomic E-state index is -4.22. The van der Waals surface area contributed by atoms with E-state index in [1.807, 2.05) is 0 Å². The summed E-state index contributed by atoms with van der Waals surface area (Å²) >= 11 is 0. The van der Waals surface area contributed by atoms with E-state index in [1.54, 1.807) is 6.07 Å². The summed E-state index contributed by atoms with van der Waals surface area (Å²) in [6.45, 7) is -0.212. The number of benzene rings is 1. The molecule has 6 heteroatoms. The molecular weight excluding hydrogens is 247 g/mol. The highest BCUT2D eigenvalue weighted by Gasteiger charge is 2.26. The molecule has 1 N–H and O–H groups in total. The Labute approximate surface area is 100 Å². The van der Waals surface area contributed by atoms with Crippen molar-refractivity contribution >= 4 is 16.9 Å². The van der Waals surface area contributed by atoms with Crippen molar-refractivity contribution in [1.29, 1.82) is 0 Å². The van der Waals surface area contributed by atoms with E-state index in [9.17, 15) is 18.0 Å². The predicted molar refractivity (Wildman–Crippen MR) is 59.6 cm³/mol. The van der Waals surface area contributed by atoms with Gasteiger partial charge in [0.1, 0.15) is 0 Å². The van der Waals surface area contributed by atoms with Crippen molar-refractivity contribution in [2.75, 3.05) is 0 Å². The lowest BCUT2D eigenvalue weighted by atomic mass is 10.1. The topological polar surface area (TPSA) is 42.2 Å². The monoisotopic (exact) mass is 257 g/mol. The van der Waals surface area contributed by atoms with Gasteiger partial charge in [-0.3, -0.25) is 0 Å². The third kappa shape index (κ3) is 2.47. The number of aryl methyl sites for hydroxylation is 1. The van der Waals surface area contributed by atoms with Crippen molar-refractivity contribution in [1.82, 2.24) is 4.57 Å². The van der Waals surface area contributed by atoms with Gasteiger partial charge in [-0.1, -0.05) is 6.07 Å². The van der Waals surface area contributed by atoms with Gasteiger partial charge < -0.3 is 9.67 Å². The lowest BCUT2D eigenvalue weighted by molar-refractivity contribution is -0.136. The van der Waals surface area contributed by atoms with Crippen LogP contribution in [-0.2, 0) is 6.54 Å². The molecule has 3 nitrogen and oxygen atoms in total. The molecule has 0 aliphatic carbocycles. The Hall–Kier alpha value is -1.98. The van der Waals surface area contributed by atoms with Gasteiger partial charge in [0, 0.05) is 23.6 Å². The average molecular weight is 257 g/mol. The minimum absolute atomic E-state index is 0.0956. The number of aromatic nitrogens is 1. The number of hydrogen-bond acceptors (Lipinski definition) is 1. The molecule has 1 aromatic carbocycles. The summed E-state index contributed by atoms with van der Waals surface area (Å²) in [4.78, 5) is 11.0. The second-order valence-corrected chi connectivity index (χ2v) is 3.92. The number of rotatable bonds is 3. The van der Waals surface area contributed by atoms with Gasteiger partial charge in [-0.2, -0.15) is 13.2 Å². The number of fused-ring (bicyclic) bond motifs is 1. The Morgan fingerprint density at radius 1 is 1.28 bits per heavy atom. The van der Waals surface area contributed by atoms with Crippen molar-refractivity contribution in [2.45, 2.75) is 19.1 Å². The maximum Gasteiger partial charge on any atom is 0.390 e. The van der Waals surface area contributed by atoms with Crippen molar-refractivity contribution in [3.8, 4) is 0 Å². The van der Waals surface area contributed by atoms with Crippen LogP contribution < -0.4 is 0 Å². The summed E-state index contributed by atoms with van der Waals surface area (Å²) in [5.74, 6) is -1.09. The molecule has 1 aromatic heterocycles. The van der Waals surface area contributed by atoms with Crippen LogP contribution in [0.2, 0.25) is 0 Å². The van der Waals surface area contributed by atoms with Crippen LogP contribution in [0.5, 0.6) is 0 Å². The lowest BCUT2D eigenvalue weighted by Gasteiger charge is -2.08. The van der Waals surface area contributed by atoms with E-state index in [-0.39, 0.29) is 12.1 Å². The summed E-state index contributed by atoms with van der Waals surface area (Å²) in [5, 5.41) is 9.41. The zero-order valence-corrected chi connectivity index (χ0v) is 9.24. The Kier molecular flexibility index (Phi) is 3.02. The number of hydrogen-bond donors (Lipinski definition) is 1. The van der Waals surface area contributed by atoms with Crippen molar-refractivity contribution in [3.63, 3.8) is 0 Å². The van der Waals surface area contributed by atoms with Crippen LogP contribution in [0, 0.1) is 0 Å². The zero-order chi connectivity index (χ0) is 13.3. The SMILES string of the molecule is O=C(O)c1cccc2c1ccn2CCC(F)(F)F. The van der Waals surface area contributed by atoms with Crippen molar-refractivity contribution in [3.05, 3.63) is 36.0 Å². The molecule has 96 valence electrons. The molecule has 0 unspecified atom stereocenters. The van der Waals surface area contributed by atoms with E-state index in [0.29, 0.717) is 10.9 Å². The Bertz CT molecular complexity index is 587. The first-order chi connectivity index (χ1) is 8.38. The first-order valence-electron chi connectivity index (χ1n) is 5.26. The Balaban J connectivity index is 2.37. The molecule has 0 fully saturated rings. The normalized spacial score (nSPS) is 11.9. The van der Waals surface area contributed by atoms with Gasteiger partial charge in [-0.25, -0.2) is 4.79 Å². The fourth-order valence-electron chi connectivity index (χ4n) is 1.85. The average Bonchev–Trinajstić information content (AvgIpc) is 2.68. The summed E-state index contributed by atoms with van der Waals surface area (Å²) in [7, 11) is 0. The third-order valence-corrected chi connectivity index (χ3v) is 2.68. The number of nitrogens with zero attached hydrogens (tertiary/aromatic N) is 1. The number of carboxylic acids is 1. The van der Waals surface area contributed by atoms with E-state index in [4.69, 9.17) is 5.11 Å². The standard InChI is InChI=1S/C12H10F3NO2/c13-12(14,15)5-7-16-6-4-8-9(11(17)18)2-1-3-10(8)16/h1-4,6H,5,7H2,(H,17,18). The number of aromatic carboxylic acids is 1. The molecule has 2 rings (SSSR count). The van der Waals surface area contributed by atoms with Crippen LogP contribution in [0.3, 0.4) is 0 Å². The van der Waals surface area contributed by atoms with Crippen LogP contribution in [-0.4, -0.2) is 21.8 Å². The predicted octanol–water partition coefficient (Wildman–Crippen LogP) is 3.29. The highest BCUT2D eigenvalue weighted by atomic mass is 19.4. The summed E-state index contributed by atoms with van der Waals surface area (Å²) in [6, 6.07) is 6.09. The van der Waals surface area contributed by atoms with E-state index in [1.165, 1.54) is 29.0 Å². The maximum atomic E-state index is 12.1. The highest BCUT2D eigenvalue weighted by Crippen LogP contribution is 2.24. The number of carbonyl (C=O) groups is 1. The second kappa shape index (κ2) is 4.36. The minimum Gasteiger partial charge on any atom is -0.478 e. The molecule has 0 radical (unpaired) electrons. The van der Waals surface area contributed by atoms with Gasteiger partial charge >= 0.3 is 12.1 Å². The fourth-order valence-corrected chi connectivity index (χ4v) is 1.85.